The van der Waals surface area contributed by atoms with E-state index in [2.05, 4.69) is 0 Å². The van der Waals surface area contributed by atoms with Crippen molar-refractivity contribution >= 4 is 11.9 Å². The van der Waals surface area contributed by atoms with E-state index in [9.17, 15) is 9.59 Å². The molecule has 0 aromatic carbocycles. The molecule has 2 unspecified atom stereocenters. The van der Waals surface area contributed by atoms with Crippen LogP contribution in [0.1, 0.15) is 13.8 Å². The molecular weight excluding hydrogens is 184 g/mol. The van der Waals surface area contributed by atoms with Gasteiger partial charge in [-0.3, -0.25) is 14.5 Å². The molecule has 0 saturated heterocycles. The summed E-state index contributed by atoms with van der Waals surface area (Å²) in [5.41, 5.74) is 0. The monoisotopic (exact) mass is 202 g/mol. The third-order valence-corrected chi connectivity index (χ3v) is 2.38. The number of carbonyl (C=O) groups is 2. The van der Waals surface area contributed by atoms with Gasteiger partial charge in [0.2, 0.25) is 5.91 Å². The highest BCUT2D eigenvalue weighted by Crippen LogP contribution is 2.04. The van der Waals surface area contributed by atoms with Gasteiger partial charge in [-0.2, -0.15) is 0 Å². The van der Waals surface area contributed by atoms with E-state index in [1.54, 1.807) is 35.0 Å². The van der Waals surface area contributed by atoms with Crippen LogP contribution in [-0.4, -0.2) is 60.0 Å². The van der Waals surface area contributed by atoms with Gasteiger partial charge in [-0.25, -0.2) is 0 Å². The molecule has 5 nitrogen and oxygen atoms in total. The normalized spacial score (nSPS) is 15.0. The van der Waals surface area contributed by atoms with Crippen LogP contribution in [0.5, 0.6) is 0 Å². The number of hydrogen-bond acceptors (Lipinski definition) is 3. The fourth-order valence-corrected chi connectivity index (χ4v) is 1.06. The summed E-state index contributed by atoms with van der Waals surface area (Å²) in [7, 11) is 4.93. The summed E-state index contributed by atoms with van der Waals surface area (Å²) >= 11 is 0. The Labute approximate surface area is 84.3 Å². The Bertz CT molecular complexity index is 228. The minimum atomic E-state index is -0.925. The van der Waals surface area contributed by atoms with E-state index in [0.717, 1.165) is 0 Å². The Morgan fingerprint density at radius 2 is 1.50 bits per heavy atom. The molecule has 1 N–H and O–H groups in total. The lowest BCUT2D eigenvalue weighted by Gasteiger charge is -2.28. The molecule has 0 aromatic rings. The molecule has 0 aliphatic carbocycles. The molecular formula is C9H18N2O3. The Balaban J connectivity index is 4.46. The number of likely N-dealkylation sites (N-methyl/N-ethyl adjacent to an activating group) is 2. The lowest BCUT2D eigenvalue weighted by atomic mass is 10.2. The van der Waals surface area contributed by atoms with Gasteiger partial charge in [0.15, 0.2) is 0 Å². The highest BCUT2D eigenvalue weighted by molar-refractivity contribution is 5.82. The van der Waals surface area contributed by atoms with Crippen molar-refractivity contribution in [1.29, 1.82) is 0 Å². The van der Waals surface area contributed by atoms with Crippen LogP contribution in [0.3, 0.4) is 0 Å². The van der Waals surface area contributed by atoms with E-state index in [1.807, 2.05) is 0 Å². The lowest BCUT2D eigenvalue weighted by Crippen LogP contribution is -2.48. The van der Waals surface area contributed by atoms with Crippen molar-refractivity contribution in [2.45, 2.75) is 25.9 Å². The molecule has 0 fully saturated rings. The maximum atomic E-state index is 11.5. The van der Waals surface area contributed by atoms with Crippen molar-refractivity contribution < 1.29 is 14.7 Å². The van der Waals surface area contributed by atoms with Crippen molar-refractivity contribution in [3.8, 4) is 0 Å². The first-order chi connectivity index (χ1) is 6.29. The van der Waals surface area contributed by atoms with Gasteiger partial charge in [0, 0.05) is 14.1 Å². The first kappa shape index (κ1) is 12.9. The minimum absolute atomic E-state index is 0.0967. The fourth-order valence-electron chi connectivity index (χ4n) is 1.06. The summed E-state index contributed by atoms with van der Waals surface area (Å²) in [4.78, 5) is 25.2. The second kappa shape index (κ2) is 4.95. The Hall–Kier alpha value is -1.10. The van der Waals surface area contributed by atoms with Gasteiger partial charge in [-0.05, 0) is 20.9 Å². The fraction of sp³-hybridized carbons (Fsp3) is 0.778. The molecule has 0 radical (unpaired) electrons. The largest absolute Gasteiger partial charge is 0.480 e. The number of carbonyl (C=O) groups excluding carboxylic acids is 1. The summed E-state index contributed by atoms with van der Waals surface area (Å²) in [5.74, 6) is -1.02. The van der Waals surface area contributed by atoms with Gasteiger partial charge in [0.25, 0.3) is 0 Å². The molecule has 0 aromatic heterocycles. The van der Waals surface area contributed by atoms with Crippen molar-refractivity contribution in [2.75, 3.05) is 21.1 Å². The molecule has 0 heterocycles. The summed E-state index contributed by atoms with van der Waals surface area (Å²) in [5, 5.41) is 8.76. The van der Waals surface area contributed by atoms with Crippen molar-refractivity contribution in [1.82, 2.24) is 9.80 Å². The predicted octanol–water partition coefficient (Wildman–Crippen LogP) is -0.132. The quantitative estimate of drug-likeness (QED) is 0.689. The number of nitrogens with zero attached hydrogens (tertiary/aromatic N) is 2. The molecule has 82 valence electrons. The van der Waals surface area contributed by atoms with E-state index in [-0.39, 0.29) is 5.91 Å². The van der Waals surface area contributed by atoms with Crippen LogP contribution < -0.4 is 0 Å². The van der Waals surface area contributed by atoms with Gasteiger partial charge in [0.05, 0.1) is 6.04 Å². The predicted molar refractivity (Wildman–Crippen MR) is 53.0 cm³/mol. The summed E-state index contributed by atoms with van der Waals surface area (Å²) in [6, 6.07) is -1.08. The van der Waals surface area contributed by atoms with Crippen LogP contribution in [0.25, 0.3) is 0 Å². The maximum absolute atomic E-state index is 11.5. The topological polar surface area (TPSA) is 60.9 Å². The molecule has 5 heteroatoms. The van der Waals surface area contributed by atoms with Crippen LogP contribution in [0.2, 0.25) is 0 Å². The summed E-state index contributed by atoms with van der Waals surface area (Å²) in [6.07, 6.45) is 0. The van der Waals surface area contributed by atoms with E-state index in [4.69, 9.17) is 5.11 Å². The molecule has 0 rings (SSSR count). The van der Waals surface area contributed by atoms with Crippen LogP contribution >= 0.6 is 0 Å². The first-order valence-electron chi connectivity index (χ1n) is 4.45. The minimum Gasteiger partial charge on any atom is -0.480 e. The van der Waals surface area contributed by atoms with Crippen LogP contribution in [0, 0.1) is 0 Å². The Morgan fingerprint density at radius 3 is 1.79 bits per heavy atom. The van der Waals surface area contributed by atoms with Crippen LogP contribution in [-0.2, 0) is 9.59 Å². The zero-order valence-electron chi connectivity index (χ0n) is 9.31. The van der Waals surface area contributed by atoms with E-state index >= 15 is 0 Å². The van der Waals surface area contributed by atoms with Gasteiger partial charge in [0.1, 0.15) is 6.04 Å². The highest BCUT2D eigenvalue weighted by atomic mass is 16.4. The number of aliphatic carboxylic acids is 1. The maximum Gasteiger partial charge on any atom is 0.320 e. The third-order valence-electron chi connectivity index (χ3n) is 2.38. The smallest absolute Gasteiger partial charge is 0.320 e. The zero-order chi connectivity index (χ0) is 11.5. The molecule has 0 aliphatic rings. The third kappa shape index (κ3) is 2.99. The lowest BCUT2D eigenvalue weighted by molar-refractivity contribution is -0.145. The average Bonchev–Trinajstić information content (AvgIpc) is 2.12. The van der Waals surface area contributed by atoms with Gasteiger partial charge >= 0.3 is 5.97 Å². The highest BCUT2D eigenvalue weighted by Gasteiger charge is 2.26. The Morgan fingerprint density at radius 1 is 1.07 bits per heavy atom. The van der Waals surface area contributed by atoms with Crippen LogP contribution in [0.15, 0.2) is 0 Å². The van der Waals surface area contributed by atoms with Crippen molar-refractivity contribution in [3.63, 3.8) is 0 Å². The van der Waals surface area contributed by atoms with Crippen LogP contribution in [0.4, 0.5) is 0 Å². The summed E-state index contributed by atoms with van der Waals surface area (Å²) < 4.78 is 0. The number of amides is 1. The van der Waals surface area contributed by atoms with Gasteiger partial charge in [-0.15, -0.1) is 0 Å². The van der Waals surface area contributed by atoms with Crippen molar-refractivity contribution in [2.24, 2.45) is 0 Å². The second-order valence-corrected chi connectivity index (χ2v) is 3.59. The molecule has 14 heavy (non-hydrogen) atoms. The summed E-state index contributed by atoms with van der Waals surface area (Å²) in [6.45, 7) is 3.25. The van der Waals surface area contributed by atoms with E-state index in [0.29, 0.717) is 0 Å². The second-order valence-electron chi connectivity index (χ2n) is 3.59. The van der Waals surface area contributed by atoms with E-state index in [1.165, 1.54) is 9.80 Å². The van der Waals surface area contributed by atoms with Gasteiger partial charge < -0.3 is 10.0 Å². The number of hydrogen-bond donors (Lipinski definition) is 1. The van der Waals surface area contributed by atoms with Gasteiger partial charge in [-0.1, -0.05) is 0 Å². The number of carboxylic acids is 1. The standard InChI is InChI=1S/C9H18N2O3/c1-6(8(12)10(3)4)11(5)7(2)9(13)14/h6-7H,1-5H3,(H,13,14). The SMILES string of the molecule is CC(C(=O)O)N(C)C(C)C(=O)N(C)C. The zero-order valence-corrected chi connectivity index (χ0v) is 9.31. The average molecular weight is 202 g/mol. The van der Waals surface area contributed by atoms with Crippen molar-refractivity contribution in [3.05, 3.63) is 0 Å². The molecule has 2 atom stereocenters. The molecule has 0 spiro atoms. The molecule has 0 bridgehead atoms. The molecule has 0 aliphatic heterocycles. The number of carboxylic acid groups (broad SMARTS) is 1. The number of rotatable bonds is 4. The van der Waals surface area contributed by atoms with E-state index < -0.39 is 18.1 Å². The Kier molecular flexibility index (Phi) is 4.56. The first-order valence-corrected chi connectivity index (χ1v) is 4.45. The molecule has 0 saturated carbocycles. The molecule has 1 amide bonds.